The van der Waals surface area contributed by atoms with E-state index in [4.69, 9.17) is 0 Å². The summed E-state index contributed by atoms with van der Waals surface area (Å²) >= 11 is 3.15. The Kier molecular flexibility index (Phi) is 5.45. The van der Waals surface area contributed by atoms with Gasteiger partial charge in [-0.3, -0.25) is 0 Å². The molecule has 0 atom stereocenters. The molecule has 0 heterocycles. The van der Waals surface area contributed by atoms with Gasteiger partial charge in [-0.1, -0.05) is 42.1 Å². The molecule has 0 spiro atoms. The monoisotopic (exact) mass is 376 g/mol. The molecule has 0 aromatic heterocycles. The molecule has 0 bridgehead atoms. The summed E-state index contributed by atoms with van der Waals surface area (Å²) in [6, 6.07) is 21.5. The van der Waals surface area contributed by atoms with Crippen molar-refractivity contribution in [1.29, 1.82) is 0 Å². The normalized spacial score (nSPS) is 11.5. The van der Waals surface area contributed by atoms with Gasteiger partial charge in [0.15, 0.2) is 0 Å². The lowest BCUT2D eigenvalue weighted by Gasteiger charge is -2.11. The molecule has 5 heteroatoms. The minimum atomic E-state index is -4.31. The molecule has 0 saturated heterocycles. The number of benzene rings is 3. The Bertz CT molecular complexity index is 838. The fourth-order valence-corrected chi connectivity index (χ4v) is 3.78. The highest BCUT2D eigenvalue weighted by Crippen LogP contribution is 2.37. The van der Waals surface area contributed by atoms with Crippen LogP contribution in [0.15, 0.2) is 87.5 Å². The summed E-state index contributed by atoms with van der Waals surface area (Å²) in [6.07, 6.45) is -2.27. The second-order valence-electron chi connectivity index (χ2n) is 5.35. The summed E-state index contributed by atoms with van der Waals surface area (Å²) in [6.45, 7) is 0. The van der Waals surface area contributed by atoms with Crippen LogP contribution in [0.2, 0.25) is 0 Å². The van der Waals surface area contributed by atoms with Gasteiger partial charge in [0.2, 0.25) is 0 Å². The smallest absolute Gasteiger partial charge is 0.166 e. The summed E-state index contributed by atoms with van der Waals surface area (Å²) in [7, 11) is 0. The van der Waals surface area contributed by atoms with Gasteiger partial charge in [0.1, 0.15) is 0 Å². The third-order valence-corrected chi connectivity index (χ3v) is 5.52. The number of thioether (sulfide) groups is 1. The molecule has 25 heavy (non-hydrogen) atoms. The fraction of sp³-hybridized carbons (Fsp3) is 0.100. The van der Waals surface area contributed by atoms with E-state index < -0.39 is 11.7 Å². The lowest BCUT2D eigenvalue weighted by molar-refractivity contribution is -0.137. The predicted octanol–water partition coefficient (Wildman–Crippen LogP) is 7.25. The Balaban J connectivity index is 1.88. The Labute approximate surface area is 153 Å². The Morgan fingerprint density at radius 3 is 1.92 bits per heavy atom. The van der Waals surface area contributed by atoms with Crippen molar-refractivity contribution in [3.8, 4) is 11.1 Å². The molecule has 0 aliphatic rings. The van der Waals surface area contributed by atoms with Crippen LogP contribution in [0.4, 0.5) is 13.2 Å². The standard InChI is InChI=1S/C20H15F3S2/c1-24-16-10-6-14(7-11-16)18-4-2-3-5-19(18)25-17-12-8-15(9-13-17)20(21,22)23/h2-13H,1H3. The Morgan fingerprint density at radius 2 is 1.32 bits per heavy atom. The highest BCUT2D eigenvalue weighted by molar-refractivity contribution is 7.99. The topological polar surface area (TPSA) is 0 Å². The van der Waals surface area contributed by atoms with Crippen molar-refractivity contribution in [2.24, 2.45) is 0 Å². The van der Waals surface area contributed by atoms with Crippen molar-refractivity contribution in [1.82, 2.24) is 0 Å². The third-order valence-electron chi connectivity index (χ3n) is 3.70. The zero-order chi connectivity index (χ0) is 17.9. The molecule has 0 radical (unpaired) electrons. The number of rotatable bonds is 4. The van der Waals surface area contributed by atoms with Crippen molar-refractivity contribution in [3.63, 3.8) is 0 Å². The molecule has 0 saturated carbocycles. The van der Waals surface area contributed by atoms with Crippen molar-refractivity contribution in [3.05, 3.63) is 78.4 Å². The summed E-state index contributed by atoms with van der Waals surface area (Å²) in [5, 5.41) is 0. The Morgan fingerprint density at radius 1 is 0.720 bits per heavy atom. The second-order valence-corrected chi connectivity index (χ2v) is 7.34. The minimum Gasteiger partial charge on any atom is -0.166 e. The first-order chi connectivity index (χ1) is 12.0. The minimum absolute atomic E-state index is 0.627. The van der Waals surface area contributed by atoms with E-state index in [0.717, 1.165) is 33.1 Å². The number of hydrogen-bond donors (Lipinski definition) is 0. The van der Waals surface area contributed by atoms with E-state index >= 15 is 0 Å². The predicted molar refractivity (Wildman–Crippen MR) is 99.2 cm³/mol. The van der Waals surface area contributed by atoms with Crippen LogP contribution in [-0.2, 0) is 6.18 Å². The number of halogens is 3. The van der Waals surface area contributed by atoms with Gasteiger partial charge in [0, 0.05) is 14.7 Å². The Hall–Kier alpha value is -1.85. The van der Waals surface area contributed by atoms with E-state index in [1.54, 1.807) is 11.8 Å². The van der Waals surface area contributed by atoms with Gasteiger partial charge in [-0.2, -0.15) is 13.2 Å². The largest absolute Gasteiger partial charge is 0.416 e. The van der Waals surface area contributed by atoms with Crippen molar-refractivity contribution in [2.45, 2.75) is 20.9 Å². The second kappa shape index (κ2) is 7.58. The zero-order valence-corrected chi connectivity index (χ0v) is 15.0. The molecule has 3 rings (SSSR count). The van der Waals surface area contributed by atoms with Crippen LogP contribution in [0, 0.1) is 0 Å². The fourth-order valence-electron chi connectivity index (χ4n) is 2.40. The van der Waals surface area contributed by atoms with Crippen LogP contribution in [-0.4, -0.2) is 6.26 Å². The highest BCUT2D eigenvalue weighted by atomic mass is 32.2. The lowest BCUT2D eigenvalue weighted by Crippen LogP contribution is -2.03. The van der Waals surface area contributed by atoms with Gasteiger partial charge in [-0.15, -0.1) is 11.8 Å². The van der Waals surface area contributed by atoms with E-state index in [1.165, 1.54) is 28.8 Å². The summed E-state index contributed by atoms with van der Waals surface area (Å²) in [5.74, 6) is 0. The van der Waals surface area contributed by atoms with E-state index in [1.807, 2.05) is 30.5 Å². The molecule has 0 aliphatic heterocycles. The summed E-state index contributed by atoms with van der Waals surface area (Å²) in [5.41, 5.74) is 1.53. The molecule has 0 amide bonds. The van der Waals surface area contributed by atoms with Gasteiger partial charge in [-0.25, -0.2) is 0 Å². The molecule has 0 N–H and O–H groups in total. The van der Waals surface area contributed by atoms with Crippen LogP contribution in [0.1, 0.15) is 5.56 Å². The molecule has 3 aromatic rings. The SMILES string of the molecule is CSc1ccc(-c2ccccc2Sc2ccc(C(F)(F)F)cc2)cc1. The molecule has 3 aromatic carbocycles. The van der Waals surface area contributed by atoms with E-state index in [0.29, 0.717) is 0 Å². The summed E-state index contributed by atoms with van der Waals surface area (Å²) < 4.78 is 38.1. The van der Waals surface area contributed by atoms with Crippen LogP contribution in [0.5, 0.6) is 0 Å². The van der Waals surface area contributed by atoms with E-state index in [-0.39, 0.29) is 0 Å². The first kappa shape index (κ1) is 18.0. The number of alkyl halides is 3. The van der Waals surface area contributed by atoms with Gasteiger partial charge < -0.3 is 0 Å². The molecular weight excluding hydrogens is 361 g/mol. The molecule has 0 aliphatic carbocycles. The first-order valence-electron chi connectivity index (χ1n) is 7.56. The van der Waals surface area contributed by atoms with Gasteiger partial charge >= 0.3 is 6.18 Å². The van der Waals surface area contributed by atoms with Crippen molar-refractivity contribution in [2.75, 3.05) is 6.26 Å². The quantitative estimate of drug-likeness (QED) is 0.440. The average molecular weight is 376 g/mol. The average Bonchev–Trinajstić information content (AvgIpc) is 2.62. The highest BCUT2D eigenvalue weighted by Gasteiger charge is 2.29. The van der Waals surface area contributed by atoms with Crippen molar-refractivity contribution < 1.29 is 13.2 Å². The van der Waals surface area contributed by atoms with Gasteiger partial charge in [0.05, 0.1) is 5.56 Å². The van der Waals surface area contributed by atoms with Crippen LogP contribution >= 0.6 is 23.5 Å². The van der Waals surface area contributed by atoms with Crippen molar-refractivity contribution >= 4 is 23.5 Å². The van der Waals surface area contributed by atoms with E-state index in [2.05, 4.69) is 24.3 Å². The van der Waals surface area contributed by atoms with Gasteiger partial charge in [-0.05, 0) is 59.8 Å². The van der Waals surface area contributed by atoms with Gasteiger partial charge in [0.25, 0.3) is 0 Å². The lowest BCUT2D eigenvalue weighted by atomic mass is 10.1. The maximum atomic E-state index is 12.7. The van der Waals surface area contributed by atoms with Crippen LogP contribution in [0.3, 0.4) is 0 Å². The molecule has 0 nitrogen and oxygen atoms in total. The summed E-state index contributed by atoms with van der Waals surface area (Å²) in [4.78, 5) is 2.98. The zero-order valence-electron chi connectivity index (χ0n) is 13.4. The maximum absolute atomic E-state index is 12.7. The molecule has 0 fully saturated rings. The first-order valence-corrected chi connectivity index (χ1v) is 9.60. The molecule has 128 valence electrons. The van der Waals surface area contributed by atoms with E-state index in [9.17, 15) is 13.2 Å². The molecular formula is C20H15F3S2. The van der Waals surface area contributed by atoms with Crippen LogP contribution in [0.25, 0.3) is 11.1 Å². The van der Waals surface area contributed by atoms with Crippen LogP contribution < -0.4 is 0 Å². The molecule has 0 unspecified atom stereocenters. The maximum Gasteiger partial charge on any atom is 0.416 e. The number of hydrogen-bond acceptors (Lipinski definition) is 2. The third kappa shape index (κ3) is 4.41.